The van der Waals surface area contributed by atoms with Crippen molar-refractivity contribution >= 4 is 11.3 Å². The number of hydrogen-bond acceptors (Lipinski definition) is 3. The Morgan fingerprint density at radius 1 is 1.44 bits per heavy atom. The molecule has 1 aliphatic heterocycles. The number of likely N-dealkylation sites (tertiary alicyclic amines) is 1. The highest BCUT2D eigenvalue weighted by Gasteiger charge is 2.24. The summed E-state index contributed by atoms with van der Waals surface area (Å²) in [6.07, 6.45) is 2.40. The van der Waals surface area contributed by atoms with Crippen molar-refractivity contribution in [2.75, 3.05) is 13.2 Å². The quantitative estimate of drug-likeness (QED) is 0.876. The number of nitrogens with zero attached hydrogens (tertiary/aromatic N) is 1. The highest BCUT2D eigenvalue weighted by Crippen LogP contribution is 2.25. The number of thiophene rings is 1. The summed E-state index contributed by atoms with van der Waals surface area (Å²) >= 11 is 1.89. The van der Waals surface area contributed by atoms with Crippen molar-refractivity contribution in [1.82, 2.24) is 4.90 Å². The van der Waals surface area contributed by atoms with Gasteiger partial charge in [0.15, 0.2) is 0 Å². The third-order valence-electron chi connectivity index (χ3n) is 3.52. The van der Waals surface area contributed by atoms with Crippen LogP contribution in [0.15, 0.2) is 12.1 Å². The summed E-state index contributed by atoms with van der Waals surface area (Å²) < 4.78 is 0. The van der Waals surface area contributed by atoms with Crippen LogP contribution < -0.4 is 0 Å². The van der Waals surface area contributed by atoms with E-state index in [4.69, 9.17) is 0 Å². The largest absolute Gasteiger partial charge is 0.396 e. The average Bonchev–Trinajstić information content (AvgIpc) is 2.67. The Bertz CT molecular complexity index is 336. The smallest absolute Gasteiger partial charge is 0.0471 e. The van der Waals surface area contributed by atoms with Crippen LogP contribution in [0.5, 0.6) is 0 Å². The molecule has 1 aromatic heterocycles. The van der Waals surface area contributed by atoms with Gasteiger partial charge in [-0.3, -0.25) is 4.90 Å². The Balaban J connectivity index is 1.96. The second kappa shape index (κ2) is 5.30. The van der Waals surface area contributed by atoms with Gasteiger partial charge < -0.3 is 5.11 Å². The molecule has 1 saturated heterocycles. The zero-order chi connectivity index (χ0) is 11.5. The SMILES string of the molecule is Cc1ccc(CN2CC(CO)CCC2C)s1. The van der Waals surface area contributed by atoms with E-state index in [2.05, 4.69) is 30.9 Å². The molecule has 0 aliphatic carbocycles. The van der Waals surface area contributed by atoms with Crippen molar-refractivity contribution in [3.05, 3.63) is 21.9 Å². The highest BCUT2D eigenvalue weighted by atomic mass is 32.1. The summed E-state index contributed by atoms with van der Waals surface area (Å²) in [4.78, 5) is 5.34. The fourth-order valence-corrected chi connectivity index (χ4v) is 3.32. The molecule has 0 radical (unpaired) electrons. The standard InChI is InChI=1S/C13H21NOS/c1-10-3-5-12(9-15)7-14(10)8-13-6-4-11(2)16-13/h4,6,10,12,15H,3,5,7-9H2,1-2H3. The lowest BCUT2D eigenvalue weighted by Crippen LogP contribution is -2.42. The minimum atomic E-state index is 0.340. The molecule has 0 amide bonds. The van der Waals surface area contributed by atoms with Crippen molar-refractivity contribution in [2.24, 2.45) is 5.92 Å². The molecule has 16 heavy (non-hydrogen) atoms. The van der Waals surface area contributed by atoms with Gasteiger partial charge in [-0.25, -0.2) is 0 Å². The summed E-state index contributed by atoms with van der Waals surface area (Å²) in [6, 6.07) is 5.08. The molecule has 0 bridgehead atoms. The summed E-state index contributed by atoms with van der Waals surface area (Å²) in [5.74, 6) is 0.484. The predicted molar refractivity (Wildman–Crippen MR) is 68.7 cm³/mol. The van der Waals surface area contributed by atoms with Crippen LogP contribution in [0.2, 0.25) is 0 Å². The monoisotopic (exact) mass is 239 g/mol. The molecule has 3 heteroatoms. The van der Waals surface area contributed by atoms with Gasteiger partial charge in [-0.15, -0.1) is 11.3 Å². The second-order valence-electron chi connectivity index (χ2n) is 4.92. The number of aliphatic hydroxyl groups is 1. The Morgan fingerprint density at radius 3 is 2.88 bits per heavy atom. The van der Waals surface area contributed by atoms with Crippen molar-refractivity contribution in [2.45, 2.75) is 39.3 Å². The van der Waals surface area contributed by atoms with E-state index in [-0.39, 0.29) is 0 Å². The molecular weight excluding hydrogens is 218 g/mol. The molecule has 1 aromatic rings. The van der Waals surface area contributed by atoms with E-state index in [1.807, 2.05) is 11.3 Å². The molecule has 0 aromatic carbocycles. The van der Waals surface area contributed by atoms with Gasteiger partial charge in [-0.05, 0) is 44.7 Å². The van der Waals surface area contributed by atoms with Gasteiger partial charge in [-0.1, -0.05) is 0 Å². The van der Waals surface area contributed by atoms with Gasteiger partial charge in [0.1, 0.15) is 0 Å². The minimum absolute atomic E-state index is 0.340. The van der Waals surface area contributed by atoms with Crippen LogP contribution >= 0.6 is 11.3 Å². The van der Waals surface area contributed by atoms with E-state index < -0.39 is 0 Å². The molecule has 1 aliphatic rings. The van der Waals surface area contributed by atoms with Gasteiger partial charge in [0, 0.05) is 35.5 Å². The summed E-state index contributed by atoms with van der Waals surface area (Å²) in [5.41, 5.74) is 0. The first-order chi connectivity index (χ1) is 7.69. The zero-order valence-corrected chi connectivity index (χ0v) is 11.0. The first-order valence-corrected chi connectivity index (χ1v) is 6.91. The minimum Gasteiger partial charge on any atom is -0.396 e. The number of rotatable bonds is 3. The maximum Gasteiger partial charge on any atom is 0.0471 e. The van der Waals surface area contributed by atoms with Crippen molar-refractivity contribution < 1.29 is 5.11 Å². The van der Waals surface area contributed by atoms with Gasteiger partial charge in [0.05, 0.1) is 0 Å². The third-order valence-corrected chi connectivity index (χ3v) is 4.51. The number of aryl methyl sites for hydroxylation is 1. The molecule has 2 nitrogen and oxygen atoms in total. The maximum atomic E-state index is 9.24. The van der Waals surface area contributed by atoms with Gasteiger partial charge in [0.25, 0.3) is 0 Å². The first-order valence-electron chi connectivity index (χ1n) is 6.09. The normalized spacial score (nSPS) is 27.2. The summed E-state index contributed by atoms with van der Waals surface area (Å²) in [7, 11) is 0. The van der Waals surface area contributed by atoms with Crippen LogP contribution in [-0.2, 0) is 6.54 Å². The van der Waals surface area contributed by atoms with E-state index in [0.717, 1.165) is 13.1 Å². The summed E-state index contributed by atoms with van der Waals surface area (Å²) in [5, 5.41) is 9.24. The lowest BCUT2D eigenvalue weighted by Gasteiger charge is -2.37. The average molecular weight is 239 g/mol. The van der Waals surface area contributed by atoms with E-state index in [0.29, 0.717) is 18.6 Å². The van der Waals surface area contributed by atoms with Crippen molar-refractivity contribution in [3.63, 3.8) is 0 Å². The Labute approximate surface area is 102 Å². The molecule has 0 spiro atoms. The number of piperidine rings is 1. The molecule has 2 rings (SSSR count). The fourth-order valence-electron chi connectivity index (χ4n) is 2.40. The fraction of sp³-hybridized carbons (Fsp3) is 0.692. The van der Waals surface area contributed by atoms with Crippen LogP contribution in [0, 0.1) is 12.8 Å². The molecule has 2 atom stereocenters. The second-order valence-corrected chi connectivity index (χ2v) is 6.29. The van der Waals surface area contributed by atoms with E-state index in [9.17, 15) is 5.11 Å². The van der Waals surface area contributed by atoms with Gasteiger partial charge in [-0.2, -0.15) is 0 Å². The maximum absolute atomic E-state index is 9.24. The number of aliphatic hydroxyl groups excluding tert-OH is 1. The molecule has 0 saturated carbocycles. The van der Waals surface area contributed by atoms with Crippen LogP contribution in [0.3, 0.4) is 0 Å². The van der Waals surface area contributed by atoms with E-state index >= 15 is 0 Å². The van der Waals surface area contributed by atoms with Crippen LogP contribution in [0.1, 0.15) is 29.5 Å². The van der Waals surface area contributed by atoms with E-state index in [1.165, 1.54) is 22.6 Å². The third kappa shape index (κ3) is 2.84. The molecule has 90 valence electrons. The van der Waals surface area contributed by atoms with Crippen LogP contribution in [-0.4, -0.2) is 29.2 Å². The Morgan fingerprint density at radius 2 is 2.25 bits per heavy atom. The molecule has 2 unspecified atom stereocenters. The molecular formula is C13H21NOS. The first kappa shape index (κ1) is 12.1. The van der Waals surface area contributed by atoms with Crippen LogP contribution in [0.4, 0.5) is 0 Å². The van der Waals surface area contributed by atoms with Crippen molar-refractivity contribution in [1.29, 1.82) is 0 Å². The predicted octanol–water partition coefficient (Wildman–Crippen LogP) is 2.65. The topological polar surface area (TPSA) is 23.5 Å². The van der Waals surface area contributed by atoms with Crippen LogP contribution in [0.25, 0.3) is 0 Å². The lowest BCUT2D eigenvalue weighted by atomic mass is 9.94. The van der Waals surface area contributed by atoms with Gasteiger partial charge >= 0.3 is 0 Å². The van der Waals surface area contributed by atoms with Gasteiger partial charge in [0.2, 0.25) is 0 Å². The Hall–Kier alpha value is -0.380. The zero-order valence-electron chi connectivity index (χ0n) is 10.1. The summed E-state index contributed by atoms with van der Waals surface area (Å²) in [6.45, 7) is 6.90. The Kier molecular flexibility index (Phi) is 4.00. The molecule has 1 N–H and O–H groups in total. The number of hydrogen-bond donors (Lipinski definition) is 1. The highest BCUT2D eigenvalue weighted by molar-refractivity contribution is 7.11. The lowest BCUT2D eigenvalue weighted by molar-refractivity contribution is 0.0779. The van der Waals surface area contributed by atoms with E-state index in [1.54, 1.807) is 0 Å². The molecule has 1 fully saturated rings. The van der Waals surface area contributed by atoms with Crippen molar-refractivity contribution in [3.8, 4) is 0 Å². The molecule has 2 heterocycles.